The van der Waals surface area contributed by atoms with Gasteiger partial charge in [-0.15, -0.1) is 0 Å². The van der Waals surface area contributed by atoms with E-state index in [0.29, 0.717) is 46.4 Å². The summed E-state index contributed by atoms with van der Waals surface area (Å²) >= 11 is 0. The Morgan fingerprint density at radius 2 is 0.617 bits per heavy atom. The Bertz CT molecular complexity index is 1980. The molecule has 8 nitrogen and oxygen atoms in total. The number of hydrogen-bond donors (Lipinski definition) is 4. The van der Waals surface area contributed by atoms with E-state index in [4.69, 9.17) is 0 Å². The monoisotopic (exact) mass is 815 g/mol. The van der Waals surface area contributed by atoms with Crippen molar-refractivity contribution in [2.45, 2.75) is 122 Å². The number of nitrogens with one attached hydrogen (secondary N) is 4. The highest BCUT2D eigenvalue weighted by molar-refractivity contribution is 6.05. The number of anilines is 4. The molecule has 4 aromatic carbocycles. The predicted octanol–water partition coefficient (Wildman–Crippen LogP) is 11.6. The normalized spacial score (nSPS) is 12.5. The van der Waals surface area contributed by atoms with Crippen LogP contribution >= 0.6 is 0 Å². The van der Waals surface area contributed by atoms with E-state index >= 15 is 0 Å². The quantitative estimate of drug-likeness (QED) is 0.0754. The van der Waals surface area contributed by atoms with Gasteiger partial charge >= 0.3 is 0 Å². The van der Waals surface area contributed by atoms with Crippen molar-refractivity contribution in [2.75, 3.05) is 21.3 Å². The van der Waals surface area contributed by atoms with Crippen LogP contribution in [0.15, 0.2) is 72.8 Å². The molecule has 0 bridgehead atoms. The summed E-state index contributed by atoms with van der Waals surface area (Å²) in [5.41, 5.74) is 10.6. The van der Waals surface area contributed by atoms with Crippen LogP contribution in [0, 0.1) is 63.2 Å². The molecule has 0 aromatic heterocycles. The van der Waals surface area contributed by atoms with E-state index in [2.05, 4.69) is 101 Å². The van der Waals surface area contributed by atoms with Gasteiger partial charge in [-0.3, -0.25) is 19.2 Å². The molecule has 0 saturated carbocycles. The molecular weight excluding hydrogens is 745 g/mol. The van der Waals surface area contributed by atoms with Crippen molar-refractivity contribution in [1.82, 2.24) is 0 Å². The fourth-order valence-electron chi connectivity index (χ4n) is 7.95. The highest BCUT2D eigenvalue weighted by Gasteiger charge is 2.38. The third-order valence-corrected chi connectivity index (χ3v) is 10.8. The smallest absolute Gasteiger partial charge is 0.228 e. The van der Waals surface area contributed by atoms with Gasteiger partial charge in [0.25, 0.3) is 0 Å². The van der Waals surface area contributed by atoms with Gasteiger partial charge in [-0.2, -0.15) is 0 Å². The Hall–Kier alpha value is -5.24. The lowest BCUT2D eigenvalue weighted by molar-refractivity contribution is -0.134. The van der Waals surface area contributed by atoms with Crippen molar-refractivity contribution in [1.29, 1.82) is 0 Å². The van der Waals surface area contributed by atoms with Crippen molar-refractivity contribution in [3.63, 3.8) is 0 Å². The van der Waals surface area contributed by atoms with E-state index in [0.717, 1.165) is 59.1 Å². The van der Waals surface area contributed by atoms with Crippen molar-refractivity contribution in [2.24, 2.45) is 35.5 Å². The number of aryl methyl sites for hydroxylation is 4. The predicted molar refractivity (Wildman–Crippen MR) is 250 cm³/mol. The SMILES string of the molecule is Cc1cc(CC(C)C)ccc1NC(=O)CC(C(=O)Nc1ccc(CC(C)C)cc1C)C(CC(=O)Nc1ccc(CC(C)C)cc1C)C(=O)Nc1ccc(CC(C)C)cc1C. The molecule has 0 aliphatic carbocycles. The molecule has 2 atom stereocenters. The van der Waals surface area contributed by atoms with Crippen LogP contribution in [0.1, 0.15) is 113 Å². The molecule has 4 rings (SSSR count). The standard InChI is InChI=1S/C52H70N4O4/c1-31(2)21-39-13-17-45(35(9)25-39)53-49(57)29-43(51(59)55-47-19-15-41(23-33(5)6)27-37(47)11)44(52(60)56-48-20-16-42(24-34(7)8)28-38(48)12)30-50(58)54-46-18-14-40(22-32(3)4)26-36(46)10/h13-20,25-28,31-34,43-44H,21-24,29-30H2,1-12H3,(H,53,57)(H,54,58)(H,55,59)(H,56,60). The number of benzene rings is 4. The van der Waals surface area contributed by atoms with Crippen molar-refractivity contribution < 1.29 is 19.2 Å². The molecule has 60 heavy (non-hydrogen) atoms. The van der Waals surface area contributed by atoms with Crippen LogP contribution in [0.3, 0.4) is 0 Å². The third-order valence-electron chi connectivity index (χ3n) is 10.8. The second-order valence-corrected chi connectivity index (χ2v) is 18.7. The molecule has 4 N–H and O–H groups in total. The minimum absolute atomic E-state index is 0.329. The Kier molecular flexibility index (Phi) is 17.3. The van der Waals surface area contributed by atoms with Gasteiger partial charge in [-0.25, -0.2) is 0 Å². The fourth-order valence-corrected chi connectivity index (χ4v) is 7.95. The Balaban J connectivity index is 1.74. The topological polar surface area (TPSA) is 116 Å². The Morgan fingerprint density at radius 1 is 0.383 bits per heavy atom. The lowest BCUT2D eigenvalue weighted by Crippen LogP contribution is -2.41. The van der Waals surface area contributed by atoms with E-state index in [1.54, 1.807) is 0 Å². The lowest BCUT2D eigenvalue weighted by atomic mass is 9.84. The van der Waals surface area contributed by atoms with Gasteiger partial charge < -0.3 is 21.3 Å². The largest absolute Gasteiger partial charge is 0.326 e. The number of carbonyl (C=O) groups excluding carboxylic acids is 4. The molecule has 8 heteroatoms. The summed E-state index contributed by atoms with van der Waals surface area (Å²) in [4.78, 5) is 57.5. The number of hydrogen-bond acceptors (Lipinski definition) is 4. The second kappa shape index (κ2) is 21.8. The summed E-state index contributed by atoms with van der Waals surface area (Å²) < 4.78 is 0. The Labute approximate surface area is 360 Å². The number of amides is 4. The van der Waals surface area contributed by atoms with Gasteiger partial charge in [0.1, 0.15) is 0 Å². The fraction of sp³-hybridized carbons (Fsp3) is 0.462. The van der Waals surface area contributed by atoms with Gasteiger partial charge in [0.15, 0.2) is 0 Å². The molecular formula is C52H70N4O4. The van der Waals surface area contributed by atoms with Gasteiger partial charge in [0.2, 0.25) is 23.6 Å². The molecule has 4 amide bonds. The number of rotatable bonds is 19. The average molecular weight is 815 g/mol. The first-order valence-electron chi connectivity index (χ1n) is 21.9. The van der Waals surface area contributed by atoms with Gasteiger partial charge in [0, 0.05) is 35.6 Å². The molecule has 2 unspecified atom stereocenters. The molecule has 0 saturated heterocycles. The minimum atomic E-state index is -1.21. The van der Waals surface area contributed by atoms with Crippen LogP contribution in [-0.2, 0) is 44.9 Å². The summed E-state index contributed by atoms with van der Waals surface area (Å²) in [7, 11) is 0. The molecule has 0 spiro atoms. The van der Waals surface area contributed by atoms with Crippen LogP contribution in [0.4, 0.5) is 22.7 Å². The maximum Gasteiger partial charge on any atom is 0.228 e. The van der Waals surface area contributed by atoms with Gasteiger partial charge in [0.05, 0.1) is 11.8 Å². The Morgan fingerprint density at radius 3 is 0.833 bits per heavy atom. The van der Waals surface area contributed by atoms with Crippen LogP contribution in [0.5, 0.6) is 0 Å². The second-order valence-electron chi connectivity index (χ2n) is 18.7. The zero-order valence-electron chi connectivity index (χ0n) is 38.3. The third kappa shape index (κ3) is 14.5. The summed E-state index contributed by atoms with van der Waals surface area (Å²) in [6.45, 7) is 25.1. The van der Waals surface area contributed by atoms with Crippen LogP contribution in [0.25, 0.3) is 0 Å². The average Bonchev–Trinajstić information content (AvgIpc) is 3.13. The van der Waals surface area contributed by atoms with Gasteiger partial charge in [-0.1, -0.05) is 104 Å². The van der Waals surface area contributed by atoms with E-state index in [-0.39, 0.29) is 12.8 Å². The highest BCUT2D eigenvalue weighted by atomic mass is 16.2. The van der Waals surface area contributed by atoms with Crippen LogP contribution in [-0.4, -0.2) is 23.6 Å². The molecule has 322 valence electrons. The summed E-state index contributed by atoms with van der Waals surface area (Å²) in [6.07, 6.45) is 2.95. The first-order valence-corrected chi connectivity index (χ1v) is 21.9. The van der Waals surface area contributed by atoms with Crippen molar-refractivity contribution in [3.05, 3.63) is 117 Å². The maximum atomic E-state index is 14.7. The molecule has 4 aromatic rings. The van der Waals surface area contributed by atoms with Crippen molar-refractivity contribution in [3.8, 4) is 0 Å². The first-order chi connectivity index (χ1) is 28.3. The zero-order valence-corrected chi connectivity index (χ0v) is 38.3. The van der Waals surface area contributed by atoms with E-state index in [1.165, 1.54) is 11.1 Å². The van der Waals surface area contributed by atoms with Crippen molar-refractivity contribution >= 4 is 46.4 Å². The number of carbonyl (C=O) groups is 4. The molecule has 0 aliphatic rings. The lowest BCUT2D eigenvalue weighted by Gasteiger charge is -2.26. The van der Waals surface area contributed by atoms with E-state index in [9.17, 15) is 19.2 Å². The first kappa shape index (κ1) is 47.4. The van der Waals surface area contributed by atoms with E-state index in [1.807, 2.05) is 76.2 Å². The maximum absolute atomic E-state index is 14.7. The summed E-state index contributed by atoms with van der Waals surface area (Å²) in [6, 6.07) is 23.8. The van der Waals surface area contributed by atoms with Crippen LogP contribution < -0.4 is 21.3 Å². The van der Waals surface area contributed by atoms with Crippen LogP contribution in [0.2, 0.25) is 0 Å². The highest BCUT2D eigenvalue weighted by Crippen LogP contribution is 2.30. The van der Waals surface area contributed by atoms with E-state index < -0.39 is 35.5 Å². The van der Waals surface area contributed by atoms with Gasteiger partial charge in [-0.05, 0) is 146 Å². The zero-order chi connectivity index (χ0) is 44.3. The summed E-state index contributed by atoms with van der Waals surface area (Å²) in [5.74, 6) is -2.41. The summed E-state index contributed by atoms with van der Waals surface area (Å²) in [5, 5.41) is 12.2. The molecule has 0 fully saturated rings. The minimum Gasteiger partial charge on any atom is -0.326 e. The molecule has 0 aliphatic heterocycles. The molecule has 0 heterocycles. The molecule has 0 radical (unpaired) electrons.